The second-order valence-corrected chi connectivity index (χ2v) is 5.34. The van der Waals surface area contributed by atoms with Crippen LogP contribution in [-0.2, 0) is 0 Å². The van der Waals surface area contributed by atoms with Gasteiger partial charge in [-0.15, -0.1) is 0 Å². The molecule has 4 nitrogen and oxygen atoms in total. The van der Waals surface area contributed by atoms with Crippen LogP contribution in [0.1, 0.15) is 35.2 Å². The molecule has 1 saturated carbocycles. The standard InChI is InChI=1S/C15H21NO3/c1-10-7-11(5-6-14(10)18)15(19)16-8-12-3-2-4-13(12)9-17/h5-7,12-13,17-18H,2-4,8-9H2,1H3,(H,16,19). The smallest absolute Gasteiger partial charge is 0.251 e. The average molecular weight is 263 g/mol. The second kappa shape index (κ2) is 6.06. The highest BCUT2D eigenvalue weighted by molar-refractivity contribution is 5.94. The maximum Gasteiger partial charge on any atom is 0.251 e. The van der Waals surface area contributed by atoms with E-state index in [-0.39, 0.29) is 18.3 Å². The summed E-state index contributed by atoms with van der Waals surface area (Å²) < 4.78 is 0. The average Bonchev–Trinajstić information content (AvgIpc) is 2.86. The van der Waals surface area contributed by atoms with Crippen LogP contribution in [0, 0.1) is 18.8 Å². The van der Waals surface area contributed by atoms with Crippen molar-refractivity contribution in [1.29, 1.82) is 0 Å². The van der Waals surface area contributed by atoms with Gasteiger partial charge in [0.1, 0.15) is 5.75 Å². The van der Waals surface area contributed by atoms with Crippen molar-refractivity contribution < 1.29 is 15.0 Å². The first kappa shape index (κ1) is 13.9. The number of phenols is 1. The number of aromatic hydroxyl groups is 1. The Morgan fingerprint density at radius 2 is 2.11 bits per heavy atom. The zero-order valence-corrected chi connectivity index (χ0v) is 11.2. The number of aliphatic hydroxyl groups is 1. The number of amides is 1. The third-order valence-electron chi connectivity index (χ3n) is 4.03. The number of carbonyl (C=O) groups excluding carboxylic acids is 1. The summed E-state index contributed by atoms with van der Waals surface area (Å²) in [5.41, 5.74) is 1.26. The van der Waals surface area contributed by atoms with Crippen LogP contribution in [0.3, 0.4) is 0 Å². The van der Waals surface area contributed by atoms with Gasteiger partial charge in [0, 0.05) is 18.7 Å². The van der Waals surface area contributed by atoms with Gasteiger partial charge >= 0.3 is 0 Å². The molecular formula is C15H21NO3. The molecule has 4 heteroatoms. The number of hydrogen-bond donors (Lipinski definition) is 3. The second-order valence-electron chi connectivity index (χ2n) is 5.34. The number of benzene rings is 1. The van der Waals surface area contributed by atoms with Crippen LogP contribution in [0.15, 0.2) is 18.2 Å². The fraction of sp³-hybridized carbons (Fsp3) is 0.533. The summed E-state index contributed by atoms with van der Waals surface area (Å²) in [7, 11) is 0. The van der Waals surface area contributed by atoms with E-state index in [4.69, 9.17) is 0 Å². The molecule has 0 saturated heterocycles. The van der Waals surface area contributed by atoms with E-state index in [1.807, 2.05) is 0 Å². The summed E-state index contributed by atoms with van der Waals surface area (Å²) in [6.07, 6.45) is 3.25. The van der Waals surface area contributed by atoms with Gasteiger partial charge in [0.2, 0.25) is 0 Å². The molecule has 2 rings (SSSR count). The van der Waals surface area contributed by atoms with Crippen molar-refractivity contribution in [2.24, 2.45) is 11.8 Å². The van der Waals surface area contributed by atoms with E-state index in [9.17, 15) is 15.0 Å². The number of phenolic OH excluding ortho intramolecular Hbond substituents is 1. The molecule has 1 amide bonds. The number of aryl methyl sites for hydroxylation is 1. The fourth-order valence-corrected chi connectivity index (χ4v) is 2.75. The predicted octanol–water partition coefficient (Wildman–Crippen LogP) is 1.84. The lowest BCUT2D eigenvalue weighted by Gasteiger charge is -2.17. The van der Waals surface area contributed by atoms with Gasteiger partial charge in [-0.1, -0.05) is 6.42 Å². The van der Waals surface area contributed by atoms with Gasteiger partial charge < -0.3 is 15.5 Å². The minimum absolute atomic E-state index is 0.119. The molecule has 1 aromatic carbocycles. The topological polar surface area (TPSA) is 69.6 Å². The first-order valence-corrected chi connectivity index (χ1v) is 6.80. The minimum Gasteiger partial charge on any atom is -0.508 e. The normalized spacial score (nSPS) is 22.4. The van der Waals surface area contributed by atoms with Gasteiger partial charge in [0.05, 0.1) is 0 Å². The molecule has 0 aromatic heterocycles. The molecule has 1 aromatic rings. The van der Waals surface area contributed by atoms with Crippen molar-refractivity contribution in [3.63, 3.8) is 0 Å². The number of carbonyl (C=O) groups is 1. The van der Waals surface area contributed by atoms with Crippen molar-refractivity contribution in [2.45, 2.75) is 26.2 Å². The summed E-state index contributed by atoms with van der Waals surface area (Å²) in [5, 5.41) is 21.6. The van der Waals surface area contributed by atoms with Gasteiger partial charge in [-0.3, -0.25) is 4.79 Å². The van der Waals surface area contributed by atoms with E-state index in [1.54, 1.807) is 19.1 Å². The molecule has 1 aliphatic rings. The van der Waals surface area contributed by atoms with Crippen molar-refractivity contribution in [3.8, 4) is 5.75 Å². The van der Waals surface area contributed by atoms with Gasteiger partial charge in [-0.05, 0) is 55.4 Å². The zero-order valence-electron chi connectivity index (χ0n) is 11.2. The summed E-state index contributed by atoms with van der Waals surface area (Å²) in [4.78, 5) is 12.0. The van der Waals surface area contributed by atoms with E-state index in [2.05, 4.69) is 5.32 Å². The molecule has 104 valence electrons. The first-order chi connectivity index (χ1) is 9.11. The van der Waals surface area contributed by atoms with E-state index in [1.165, 1.54) is 6.07 Å². The lowest BCUT2D eigenvalue weighted by Crippen LogP contribution is -2.31. The molecule has 0 heterocycles. The quantitative estimate of drug-likeness (QED) is 0.776. The highest BCUT2D eigenvalue weighted by Crippen LogP contribution is 2.30. The Labute approximate surface area is 113 Å². The molecule has 19 heavy (non-hydrogen) atoms. The molecule has 1 aliphatic carbocycles. The van der Waals surface area contributed by atoms with E-state index in [0.717, 1.165) is 19.3 Å². The van der Waals surface area contributed by atoms with Crippen LogP contribution in [0.2, 0.25) is 0 Å². The lowest BCUT2D eigenvalue weighted by atomic mass is 9.97. The SMILES string of the molecule is Cc1cc(C(=O)NCC2CCCC2CO)ccc1O. The molecule has 3 N–H and O–H groups in total. The minimum atomic E-state index is -0.119. The largest absolute Gasteiger partial charge is 0.508 e. The highest BCUT2D eigenvalue weighted by atomic mass is 16.3. The van der Waals surface area contributed by atoms with Crippen LogP contribution in [0.4, 0.5) is 0 Å². The van der Waals surface area contributed by atoms with Crippen molar-refractivity contribution in [2.75, 3.05) is 13.2 Å². The molecular weight excluding hydrogens is 242 g/mol. The molecule has 0 aliphatic heterocycles. The molecule has 2 atom stereocenters. The number of rotatable bonds is 4. The summed E-state index contributed by atoms with van der Waals surface area (Å²) in [6, 6.07) is 4.84. The van der Waals surface area contributed by atoms with Crippen molar-refractivity contribution in [1.82, 2.24) is 5.32 Å². The molecule has 0 radical (unpaired) electrons. The number of hydrogen-bond acceptors (Lipinski definition) is 3. The highest BCUT2D eigenvalue weighted by Gasteiger charge is 2.26. The van der Waals surface area contributed by atoms with Crippen LogP contribution in [0.25, 0.3) is 0 Å². The Bertz CT molecular complexity index is 459. The van der Waals surface area contributed by atoms with Gasteiger partial charge in [-0.2, -0.15) is 0 Å². The Hall–Kier alpha value is -1.55. The Balaban J connectivity index is 1.92. The number of aliphatic hydroxyl groups excluding tert-OH is 1. The van der Waals surface area contributed by atoms with E-state index >= 15 is 0 Å². The third kappa shape index (κ3) is 3.26. The van der Waals surface area contributed by atoms with Crippen LogP contribution < -0.4 is 5.32 Å². The van der Waals surface area contributed by atoms with Crippen LogP contribution >= 0.6 is 0 Å². The van der Waals surface area contributed by atoms with Gasteiger partial charge in [-0.25, -0.2) is 0 Å². The molecule has 0 bridgehead atoms. The number of nitrogens with one attached hydrogen (secondary N) is 1. The van der Waals surface area contributed by atoms with Crippen LogP contribution in [-0.4, -0.2) is 29.3 Å². The van der Waals surface area contributed by atoms with E-state index < -0.39 is 0 Å². The third-order valence-corrected chi connectivity index (χ3v) is 4.03. The zero-order chi connectivity index (χ0) is 13.8. The maximum atomic E-state index is 12.0. The first-order valence-electron chi connectivity index (χ1n) is 6.80. The Morgan fingerprint density at radius 1 is 1.37 bits per heavy atom. The lowest BCUT2D eigenvalue weighted by molar-refractivity contribution is 0.0937. The summed E-state index contributed by atoms with van der Waals surface area (Å²) >= 11 is 0. The molecule has 1 fully saturated rings. The summed E-state index contributed by atoms with van der Waals surface area (Å²) in [6.45, 7) is 2.59. The summed E-state index contributed by atoms with van der Waals surface area (Å²) in [5.74, 6) is 0.786. The Kier molecular flexibility index (Phi) is 4.43. The van der Waals surface area contributed by atoms with Crippen LogP contribution in [0.5, 0.6) is 5.75 Å². The monoisotopic (exact) mass is 263 g/mol. The molecule has 0 spiro atoms. The van der Waals surface area contributed by atoms with Gasteiger partial charge in [0.15, 0.2) is 0 Å². The predicted molar refractivity (Wildman–Crippen MR) is 73.1 cm³/mol. The maximum absolute atomic E-state index is 12.0. The molecule has 2 unspecified atom stereocenters. The van der Waals surface area contributed by atoms with Crippen molar-refractivity contribution >= 4 is 5.91 Å². The van der Waals surface area contributed by atoms with E-state index in [0.29, 0.717) is 29.5 Å². The van der Waals surface area contributed by atoms with Gasteiger partial charge in [0.25, 0.3) is 5.91 Å². The Morgan fingerprint density at radius 3 is 2.79 bits per heavy atom. The van der Waals surface area contributed by atoms with Crippen molar-refractivity contribution in [3.05, 3.63) is 29.3 Å². The fourth-order valence-electron chi connectivity index (χ4n) is 2.75.